The smallest absolute Gasteiger partial charge is 0.243 e. The molecule has 24 heavy (non-hydrogen) atoms. The molecule has 2 aromatic rings. The molecule has 0 unspecified atom stereocenters. The second kappa shape index (κ2) is 7.90. The van der Waals surface area contributed by atoms with E-state index >= 15 is 0 Å². The zero-order valence-corrected chi connectivity index (χ0v) is 14.3. The van der Waals surface area contributed by atoms with Gasteiger partial charge in [0.1, 0.15) is 0 Å². The number of carbonyl (C=O) groups excluding carboxylic acids is 1. The number of aryl methyl sites for hydroxylation is 1. The van der Waals surface area contributed by atoms with Crippen LogP contribution in [0.15, 0.2) is 72.1 Å². The van der Waals surface area contributed by atoms with Gasteiger partial charge >= 0.3 is 0 Å². The maximum absolute atomic E-state index is 12.7. The number of nitrogens with one attached hydrogen (secondary N) is 1. The van der Waals surface area contributed by atoms with E-state index in [2.05, 4.69) is 11.9 Å². The van der Waals surface area contributed by atoms with Crippen LogP contribution in [-0.4, -0.2) is 31.7 Å². The zero-order valence-electron chi connectivity index (χ0n) is 13.5. The number of hydrogen-bond acceptors (Lipinski definition) is 3. The van der Waals surface area contributed by atoms with Crippen molar-refractivity contribution in [1.29, 1.82) is 0 Å². The number of anilines is 1. The van der Waals surface area contributed by atoms with Crippen LogP contribution in [-0.2, 0) is 14.8 Å². The van der Waals surface area contributed by atoms with Crippen molar-refractivity contribution < 1.29 is 13.2 Å². The molecule has 2 rings (SSSR count). The fourth-order valence-corrected chi connectivity index (χ4v) is 3.60. The van der Waals surface area contributed by atoms with Gasteiger partial charge in [-0.15, -0.1) is 6.58 Å². The van der Waals surface area contributed by atoms with E-state index < -0.39 is 15.9 Å². The highest BCUT2D eigenvalue weighted by atomic mass is 32.2. The summed E-state index contributed by atoms with van der Waals surface area (Å²) in [6, 6.07) is 15.4. The van der Waals surface area contributed by atoms with Gasteiger partial charge in [0.15, 0.2) is 0 Å². The Bertz CT molecular complexity index is 817. The lowest BCUT2D eigenvalue weighted by atomic mass is 10.2. The first kappa shape index (κ1) is 17.9. The minimum Gasteiger partial charge on any atom is -0.325 e. The SMILES string of the molecule is C=CCN(CC(=O)Nc1cccc(C)c1)S(=O)(=O)c1ccccc1. The summed E-state index contributed by atoms with van der Waals surface area (Å²) in [7, 11) is -3.76. The van der Waals surface area contributed by atoms with E-state index in [9.17, 15) is 13.2 Å². The molecule has 1 N–H and O–H groups in total. The quantitative estimate of drug-likeness (QED) is 0.786. The number of nitrogens with zero attached hydrogens (tertiary/aromatic N) is 1. The van der Waals surface area contributed by atoms with E-state index in [1.165, 1.54) is 18.2 Å². The Hall–Kier alpha value is -2.44. The predicted molar refractivity (Wildman–Crippen MR) is 95.2 cm³/mol. The molecular weight excluding hydrogens is 324 g/mol. The fraction of sp³-hybridized carbons (Fsp3) is 0.167. The van der Waals surface area contributed by atoms with Gasteiger partial charge in [-0.2, -0.15) is 4.31 Å². The Labute approximate surface area is 142 Å². The van der Waals surface area contributed by atoms with Crippen LogP contribution in [0.1, 0.15) is 5.56 Å². The molecule has 0 atom stereocenters. The van der Waals surface area contributed by atoms with Gasteiger partial charge in [-0.3, -0.25) is 4.79 Å². The Kier molecular flexibility index (Phi) is 5.89. The lowest BCUT2D eigenvalue weighted by molar-refractivity contribution is -0.116. The highest BCUT2D eigenvalue weighted by molar-refractivity contribution is 7.89. The molecule has 6 heteroatoms. The molecule has 126 valence electrons. The number of benzene rings is 2. The van der Waals surface area contributed by atoms with Gasteiger partial charge in [0.2, 0.25) is 15.9 Å². The van der Waals surface area contributed by atoms with E-state index in [-0.39, 0.29) is 18.0 Å². The standard InChI is InChI=1S/C18H20N2O3S/c1-3-12-20(24(22,23)17-10-5-4-6-11-17)14-18(21)19-16-9-7-8-15(2)13-16/h3-11,13H,1,12,14H2,2H3,(H,19,21). The second-order valence-corrected chi connectivity index (χ2v) is 7.25. The summed E-state index contributed by atoms with van der Waals surface area (Å²) in [6.45, 7) is 5.26. The lowest BCUT2D eigenvalue weighted by Crippen LogP contribution is -2.38. The normalized spacial score (nSPS) is 11.2. The van der Waals surface area contributed by atoms with Crippen molar-refractivity contribution in [3.8, 4) is 0 Å². The van der Waals surface area contributed by atoms with Crippen molar-refractivity contribution in [2.45, 2.75) is 11.8 Å². The molecule has 0 heterocycles. The molecule has 0 saturated carbocycles. The molecule has 0 radical (unpaired) electrons. The summed E-state index contributed by atoms with van der Waals surface area (Å²) < 4.78 is 26.4. The highest BCUT2D eigenvalue weighted by Gasteiger charge is 2.25. The van der Waals surface area contributed by atoms with Gasteiger partial charge in [-0.25, -0.2) is 8.42 Å². The molecular formula is C18H20N2O3S. The number of hydrogen-bond donors (Lipinski definition) is 1. The van der Waals surface area contributed by atoms with Crippen molar-refractivity contribution in [3.63, 3.8) is 0 Å². The molecule has 1 amide bonds. The summed E-state index contributed by atoms with van der Waals surface area (Å²) >= 11 is 0. The topological polar surface area (TPSA) is 66.5 Å². The number of sulfonamides is 1. The average molecular weight is 344 g/mol. The predicted octanol–water partition coefficient (Wildman–Crippen LogP) is 2.81. The molecule has 0 fully saturated rings. The van der Waals surface area contributed by atoms with Gasteiger partial charge in [0, 0.05) is 12.2 Å². The van der Waals surface area contributed by atoms with E-state index in [0.29, 0.717) is 5.69 Å². The van der Waals surface area contributed by atoms with Crippen LogP contribution in [0.5, 0.6) is 0 Å². The summed E-state index contributed by atoms with van der Waals surface area (Å²) in [5.74, 6) is -0.401. The Balaban J connectivity index is 2.16. The van der Waals surface area contributed by atoms with Gasteiger partial charge < -0.3 is 5.32 Å². The van der Waals surface area contributed by atoms with Crippen LogP contribution in [0.2, 0.25) is 0 Å². The van der Waals surface area contributed by atoms with E-state index in [1.807, 2.05) is 25.1 Å². The second-order valence-electron chi connectivity index (χ2n) is 5.32. The van der Waals surface area contributed by atoms with E-state index in [1.54, 1.807) is 24.3 Å². The van der Waals surface area contributed by atoms with Crippen LogP contribution in [0.4, 0.5) is 5.69 Å². The maximum Gasteiger partial charge on any atom is 0.243 e. The molecule has 0 spiro atoms. The van der Waals surface area contributed by atoms with Crippen molar-refractivity contribution >= 4 is 21.6 Å². The third-order valence-corrected chi connectivity index (χ3v) is 5.16. The van der Waals surface area contributed by atoms with E-state index in [0.717, 1.165) is 9.87 Å². The molecule has 0 aromatic heterocycles. The molecule has 0 aliphatic rings. The number of amides is 1. The van der Waals surface area contributed by atoms with Crippen LogP contribution in [0.3, 0.4) is 0 Å². The third-order valence-electron chi connectivity index (χ3n) is 3.34. The van der Waals surface area contributed by atoms with Crippen molar-refractivity contribution in [2.75, 3.05) is 18.4 Å². The van der Waals surface area contributed by atoms with Crippen LogP contribution in [0, 0.1) is 6.92 Å². The van der Waals surface area contributed by atoms with Crippen LogP contribution < -0.4 is 5.32 Å². The van der Waals surface area contributed by atoms with Gasteiger partial charge in [-0.1, -0.05) is 36.4 Å². The Morgan fingerprint density at radius 3 is 2.50 bits per heavy atom. The van der Waals surface area contributed by atoms with Gasteiger partial charge in [0.25, 0.3) is 0 Å². The van der Waals surface area contributed by atoms with Crippen molar-refractivity contribution in [3.05, 3.63) is 72.8 Å². The Morgan fingerprint density at radius 1 is 1.17 bits per heavy atom. The molecule has 0 aliphatic carbocycles. The molecule has 0 aliphatic heterocycles. The van der Waals surface area contributed by atoms with Crippen LogP contribution in [0.25, 0.3) is 0 Å². The Morgan fingerprint density at radius 2 is 1.88 bits per heavy atom. The average Bonchev–Trinajstić information content (AvgIpc) is 2.55. The summed E-state index contributed by atoms with van der Waals surface area (Å²) in [6.07, 6.45) is 1.46. The zero-order chi connectivity index (χ0) is 17.6. The third kappa shape index (κ3) is 4.53. The first-order valence-corrected chi connectivity index (χ1v) is 8.90. The first-order chi connectivity index (χ1) is 11.4. The fourth-order valence-electron chi connectivity index (χ4n) is 2.22. The van der Waals surface area contributed by atoms with E-state index in [4.69, 9.17) is 0 Å². The first-order valence-electron chi connectivity index (χ1n) is 7.46. The van der Waals surface area contributed by atoms with Crippen LogP contribution >= 0.6 is 0 Å². The minimum atomic E-state index is -3.76. The molecule has 0 bridgehead atoms. The molecule has 2 aromatic carbocycles. The number of carbonyl (C=O) groups is 1. The maximum atomic E-state index is 12.7. The summed E-state index contributed by atoms with van der Waals surface area (Å²) in [5, 5.41) is 2.72. The number of rotatable bonds is 7. The van der Waals surface area contributed by atoms with Gasteiger partial charge in [-0.05, 0) is 36.8 Å². The van der Waals surface area contributed by atoms with Gasteiger partial charge in [0.05, 0.1) is 11.4 Å². The summed E-state index contributed by atoms with van der Waals surface area (Å²) in [4.78, 5) is 12.4. The lowest BCUT2D eigenvalue weighted by Gasteiger charge is -2.20. The monoisotopic (exact) mass is 344 g/mol. The molecule has 0 saturated heterocycles. The van der Waals surface area contributed by atoms with Crippen molar-refractivity contribution in [2.24, 2.45) is 0 Å². The molecule has 5 nitrogen and oxygen atoms in total. The summed E-state index contributed by atoms with van der Waals surface area (Å²) in [5.41, 5.74) is 1.64. The minimum absolute atomic E-state index is 0.0540. The largest absolute Gasteiger partial charge is 0.325 e. The van der Waals surface area contributed by atoms with Crippen molar-refractivity contribution in [1.82, 2.24) is 4.31 Å². The highest BCUT2D eigenvalue weighted by Crippen LogP contribution is 2.16.